The van der Waals surface area contributed by atoms with Crippen LogP contribution in [0.2, 0.25) is 5.02 Å². The Morgan fingerprint density at radius 2 is 1.60 bits per heavy atom. The molecule has 0 aliphatic carbocycles. The largest absolute Gasteiger partial charge is 0.463 e. The summed E-state index contributed by atoms with van der Waals surface area (Å²) >= 11 is 5.79. The van der Waals surface area contributed by atoms with Crippen LogP contribution in [-0.4, -0.2) is 30.4 Å². The highest BCUT2D eigenvalue weighted by atomic mass is 35.5. The number of anilines is 1. The van der Waals surface area contributed by atoms with Crippen LogP contribution in [-0.2, 0) is 14.3 Å². The molecule has 0 fully saturated rings. The predicted molar refractivity (Wildman–Crippen MR) is 95.0 cm³/mol. The van der Waals surface area contributed by atoms with Crippen molar-refractivity contribution in [3.05, 3.63) is 64.7 Å². The summed E-state index contributed by atoms with van der Waals surface area (Å²) in [5.41, 5.74) is 3.80. The molecular formula is C18H15ClN2O4. The summed E-state index contributed by atoms with van der Waals surface area (Å²) in [6.07, 6.45) is 0. The van der Waals surface area contributed by atoms with Crippen LogP contribution in [0.4, 0.5) is 5.69 Å². The fourth-order valence-electron chi connectivity index (χ4n) is 1.88. The molecule has 0 spiro atoms. The van der Waals surface area contributed by atoms with E-state index in [4.69, 9.17) is 11.6 Å². The minimum Gasteiger partial charge on any atom is -0.463 e. The molecule has 0 saturated heterocycles. The molecule has 0 saturated carbocycles. The van der Waals surface area contributed by atoms with Crippen LogP contribution < -0.4 is 5.43 Å². The maximum absolute atomic E-state index is 12.6. The Hall–Kier alpha value is -2.99. The zero-order valence-electron chi connectivity index (χ0n) is 13.6. The summed E-state index contributed by atoms with van der Waals surface area (Å²) in [7, 11) is 1.05. The van der Waals surface area contributed by atoms with Crippen molar-refractivity contribution < 1.29 is 19.1 Å². The summed E-state index contributed by atoms with van der Waals surface area (Å²) in [5.74, 6) is -3.03. The lowest BCUT2D eigenvalue weighted by atomic mass is 10.0. The second-order valence-corrected chi connectivity index (χ2v) is 5.53. The van der Waals surface area contributed by atoms with Gasteiger partial charge in [-0.25, -0.2) is 4.79 Å². The number of esters is 1. The van der Waals surface area contributed by atoms with Crippen molar-refractivity contribution in [3.8, 4) is 0 Å². The highest BCUT2D eigenvalue weighted by Crippen LogP contribution is 2.12. The van der Waals surface area contributed by atoms with E-state index in [9.17, 15) is 14.4 Å². The zero-order chi connectivity index (χ0) is 18.4. The molecule has 0 aromatic heterocycles. The number of aryl methyl sites for hydroxylation is 1. The number of hydrogen-bond acceptors (Lipinski definition) is 6. The number of nitrogens with one attached hydrogen (secondary N) is 1. The number of methoxy groups -OCH3 is 1. The first-order chi connectivity index (χ1) is 11.9. The van der Waals surface area contributed by atoms with Gasteiger partial charge in [0.25, 0.3) is 5.78 Å². The second-order valence-electron chi connectivity index (χ2n) is 5.09. The molecule has 0 atom stereocenters. The third-order valence-electron chi connectivity index (χ3n) is 3.26. The highest BCUT2D eigenvalue weighted by Gasteiger charge is 2.28. The first-order valence-corrected chi connectivity index (χ1v) is 7.63. The number of ether oxygens (including phenoxy) is 1. The number of hydrogen-bond donors (Lipinski definition) is 1. The molecular weight excluding hydrogens is 344 g/mol. The van der Waals surface area contributed by atoms with Crippen LogP contribution in [0.3, 0.4) is 0 Å². The van der Waals surface area contributed by atoms with E-state index in [0.717, 1.165) is 12.7 Å². The molecule has 0 bridgehead atoms. The fourth-order valence-corrected chi connectivity index (χ4v) is 2.01. The van der Waals surface area contributed by atoms with Gasteiger partial charge in [-0.2, -0.15) is 5.10 Å². The Morgan fingerprint density at radius 3 is 2.16 bits per heavy atom. The second kappa shape index (κ2) is 8.21. The maximum Gasteiger partial charge on any atom is 0.381 e. The van der Waals surface area contributed by atoms with Crippen molar-refractivity contribution in [1.29, 1.82) is 0 Å². The van der Waals surface area contributed by atoms with Gasteiger partial charge in [0.2, 0.25) is 5.78 Å². The summed E-state index contributed by atoms with van der Waals surface area (Å²) in [6, 6.07) is 13.0. The van der Waals surface area contributed by atoms with Gasteiger partial charge in [-0.05, 0) is 43.3 Å². The van der Waals surface area contributed by atoms with Crippen molar-refractivity contribution in [2.24, 2.45) is 5.10 Å². The van der Waals surface area contributed by atoms with E-state index in [1.54, 1.807) is 12.1 Å². The van der Waals surface area contributed by atoms with Crippen LogP contribution >= 0.6 is 11.6 Å². The lowest BCUT2D eigenvalue weighted by molar-refractivity contribution is -0.148. The van der Waals surface area contributed by atoms with Gasteiger partial charge in [0, 0.05) is 10.6 Å². The molecule has 6 nitrogen and oxygen atoms in total. The third-order valence-corrected chi connectivity index (χ3v) is 3.51. The van der Waals surface area contributed by atoms with E-state index in [1.165, 1.54) is 24.3 Å². The Morgan fingerprint density at radius 1 is 1.00 bits per heavy atom. The molecule has 2 aromatic carbocycles. The molecule has 2 aromatic rings. The molecule has 0 radical (unpaired) electrons. The van der Waals surface area contributed by atoms with Crippen molar-refractivity contribution in [3.63, 3.8) is 0 Å². The van der Waals surface area contributed by atoms with Gasteiger partial charge in [0.1, 0.15) is 0 Å². The van der Waals surface area contributed by atoms with E-state index < -0.39 is 23.2 Å². The normalized spacial score (nSPS) is 10.9. The maximum atomic E-state index is 12.6. The number of nitrogens with zero attached hydrogens (tertiary/aromatic N) is 1. The number of carbonyl (C=O) groups is 3. The number of halogens is 1. The van der Waals surface area contributed by atoms with Gasteiger partial charge < -0.3 is 4.74 Å². The standard InChI is InChI=1S/C18H15ClN2O4/c1-11-3-9-14(10-4-11)20-21-15(17(23)18(24)25-2)16(22)12-5-7-13(19)8-6-12/h3-10,20H,1-2H3/b21-15+. The van der Waals surface area contributed by atoms with Crippen LogP contribution in [0.5, 0.6) is 0 Å². The van der Waals surface area contributed by atoms with Gasteiger partial charge in [0.15, 0.2) is 5.71 Å². The lowest BCUT2D eigenvalue weighted by Crippen LogP contribution is -2.32. The van der Waals surface area contributed by atoms with E-state index in [1.807, 2.05) is 19.1 Å². The summed E-state index contributed by atoms with van der Waals surface area (Å²) < 4.78 is 4.40. The zero-order valence-corrected chi connectivity index (χ0v) is 14.3. The average molecular weight is 359 g/mol. The number of hydrazone groups is 1. The minimum absolute atomic E-state index is 0.172. The van der Waals surface area contributed by atoms with Crippen molar-refractivity contribution in [2.45, 2.75) is 6.92 Å². The predicted octanol–water partition coefficient (Wildman–Crippen LogP) is 3.04. The van der Waals surface area contributed by atoms with Gasteiger partial charge in [0.05, 0.1) is 12.8 Å². The monoisotopic (exact) mass is 358 g/mol. The Bertz CT molecular complexity index is 827. The van der Waals surface area contributed by atoms with E-state index in [-0.39, 0.29) is 5.56 Å². The molecule has 0 heterocycles. The third kappa shape index (κ3) is 4.74. The van der Waals surface area contributed by atoms with Gasteiger partial charge in [-0.3, -0.25) is 15.0 Å². The Kier molecular flexibility index (Phi) is 6.03. The highest BCUT2D eigenvalue weighted by molar-refractivity contribution is 6.80. The van der Waals surface area contributed by atoms with E-state index in [0.29, 0.717) is 10.7 Å². The molecule has 0 aliphatic rings. The van der Waals surface area contributed by atoms with Crippen molar-refractivity contribution in [1.82, 2.24) is 0 Å². The van der Waals surface area contributed by atoms with Gasteiger partial charge in [-0.1, -0.05) is 29.3 Å². The summed E-state index contributed by atoms with van der Waals surface area (Å²) in [5, 5.41) is 4.26. The Balaban J connectivity index is 2.34. The summed E-state index contributed by atoms with van der Waals surface area (Å²) in [4.78, 5) is 36.2. The number of ketones is 2. The first-order valence-electron chi connectivity index (χ1n) is 7.25. The molecule has 2 rings (SSSR count). The van der Waals surface area contributed by atoms with E-state index >= 15 is 0 Å². The van der Waals surface area contributed by atoms with Crippen LogP contribution in [0.1, 0.15) is 15.9 Å². The smallest absolute Gasteiger partial charge is 0.381 e. The number of carbonyl (C=O) groups excluding carboxylic acids is 3. The number of Topliss-reactive ketones (excluding diaryl/α,β-unsaturated/α-hetero) is 2. The first kappa shape index (κ1) is 18.4. The van der Waals surface area contributed by atoms with Crippen LogP contribution in [0.15, 0.2) is 53.6 Å². The van der Waals surface area contributed by atoms with Gasteiger partial charge in [-0.15, -0.1) is 0 Å². The molecule has 25 heavy (non-hydrogen) atoms. The number of benzene rings is 2. The lowest BCUT2D eigenvalue weighted by Gasteiger charge is -2.06. The van der Waals surface area contributed by atoms with Crippen LogP contribution in [0, 0.1) is 6.92 Å². The topological polar surface area (TPSA) is 84.8 Å². The molecule has 128 valence electrons. The van der Waals surface area contributed by atoms with Crippen LogP contribution in [0.25, 0.3) is 0 Å². The van der Waals surface area contributed by atoms with E-state index in [2.05, 4.69) is 15.3 Å². The fraction of sp³-hybridized carbons (Fsp3) is 0.111. The van der Waals surface area contributed by atoms with Crippen molar-refractivity contribution >= 4 is 40.5 Å². The quantitative estimate of drug-likeness (QED) is 0.214. The molecule has 7 heteroatoms. The SMILES string of the molecule is COC(=O)C(=O)/C(=N/Nc1ccc(C)cc1)C(=O)c1ccc(Cl)cc1. The molecule has 1 N–H and O–H groups in total. The molecule has 0 amide bonds. The van der Waals surface area contributed by atoms with Crippen molar-refractivity contribution in [2.75, 3.05) is 12.5 Å². The summed E-state index contributed by atoms with van der Waals surface area (Å²) in [6.45, 7) is 1.92. The number of rotatable bonds is 6. The Labute approximate surface area is 149 Å². The van der Waals surface area contributed by atoms with Gasteiger partial charge >= 0.3 is 5.97 Å². The molecule has 0 aliphatic heterocycles. The molecule has 0 unspecified atom stereocenters. The average Bonchev–Trinajstić information content (AvgIpc) is 2.62. The minimum atomic E-state index is -1.17.